The number of unbranched alkanes of at least 4 members (excludes halogenated alkanes) is 33. The fourth-order valence-electron chi connectivity index (χ4n) is 7.48. The zero-order chi connectivity index (χ0) is 42.5. The van der Waals surface area contributed by atoms with Gasteiger partial charge in [0, 0.05) is 13.0 Å². The average molecular weight is 841 g/mol. The highest BCUT2D eigenvalue weighted by atomic mass is 31.2. The molecule has 0 heterocycles. The number of nitrogens with one attached hydrogen (secondary N) is 1. The van der Waals surface area contributed by atoms with Crippen molar-refractivity contribution in [1.82, 2.24) is 5.32 Å². The van der Waals surface area contributed by atoms with Gasteiger partial charge in [0.25, 0.3) is 0 Å². The van der Waals surface area contributed by atoms with E-state index in [0.29, 0.717) is 6.42 Å². The van der Waals surface area contributed by atoms with Crippen LogP contribution in [-0.2, 0) is 18.4 Å². The Bertz CT molecular complexity index is 963. The van der Waals surface area contributed by atoms with Crippen LogP contribution in [0, 0.1) is 0 Å². The highest BCUT2D eigenvalue weighted by molar-refractivity contribution is 7.47. The van der Waals surface area contributed by atoms with Crippen LogP contribution < -0.4 is 11.1 Å². The molecule has 0 aromatic rings. The third-order valence-electron chi connectivity index (χ3n) is 11.3. The quantitative estimate of drug-likeness (QED) is 0.0273. The number of allylic oxidation sites excluding steroid dienone is 3. The summed E-state index contributed by atoms with van der Waals surface area (Å²) >= 11 is 0. The summed E-state index contributed by atoms with van der Waals surface area (Å²) in [7, 11) is -4.34. The summed E-state index contributed by atoms with van der Waals surface area (Å²) in [5.74, 6) is -0.192. The van der Waals surface area contributed by atoms with Gasteiger partial charge in [-0.15, -0.1) is 0 Å². The molecule has 1 amide bonds. The van der Waals surface area contributed by atoms with E-state index in [1.54, 1.807) is 6.08 Å². The number of hydrogen-bond donors (Lipinski definition) is 4. The van der Waals surface area contributed by atoms with Crippen LogP contribution in [0.25, 0.3) is 0 Å². The Balaban J connectivity index is 4.07. The predicted octanol–water partition coefficient (Wildman–Crippen LogP) is 14.5. The third kappa shape index (κ3) is 43.1. The van der Waals surface area contributed by atoms with Crippen molar-refractivity contribution in [1.29, 1.82) is 0 Å². The third-order valence-corrected chi connectivity index (χ3v) is 12.3. The van der Waals surface area contributed by atoms with Gasteiger partial charge in [0.05, 0.1) is 25.4 Å². The number of amides is 1. The van der Waals surface area contributed by atoms with Gasteiger partial charge < -0.3 is 21.1 Å². The van der Waals surface area contributed by atoms with E-state index in [1.807, 2.05) is 6.08 Å². The van der Waals surface area contributed by atoms with Crippen molar-refractivity contribution in [2.24, 2.45) is 5.73 Å². The molecule has 8 nitrogen and oxygen atoms in total. The molecular weight excluding hydrogens is 744 g/mol. The Morgan fingerprint density at radius 1 is 0.552 bits per heavy atom. The van der Waals surface area contributed by atoms with Crippen LogP contribution in [-0.4, -0.2) is 47.8 Å². The molecule has 5 N–H and O–H groups in total. The van der Waals surface area contributed by atoms with E-state index >= 15 is 0 Å². The first-order valence-corrected chi connectivity index (χ1v) is 26.5. The van der Waals surface area contributed by atoms with Gasteiger partial charge in [-0.3, -0.25) is 13.8 Å². The Morgan fingerprint density at radius 3 is 1.28 bits per heavy atom. The number of carbonyl (C=O) groups excluding carboxylic acids is 1. The molecule has 0 saturated heterocycles. The molecule has 0 aromatic carbocycles. The lowest BCUT2D eigenvalue weighted by Crippen LogP contribution is -2.45. The molecule has 0 aliphatic heterocycles. The monoisotopic (exact) mass is 841 g/mol. The van der Waals surface area contributed by atoms with Crippen molar-refractivity contribution >= 4 is 13.7 Å². The fourth-order valence-corrected chi connectivity index (χ4v) is 8.24. The average Bonchev–Trinajstić information content (AvgIpc) is 3.21. The van der Waals surface area contributed by atoms with Gasteiger partial charge in [0.2, 0.25) is 5.91 Å². The zero-order valence-corrected chi connectivity index (χ0v) is 39.2. The first-order chi connectivity index (χ1) is 28.4. The van der Waals surface area contributed by atoms with Gasteiger partial charge in [0.15, 0.2) is 0 Å². The molecule has 344 valence electrons. The van der Waals surface area contributed by atoms with E-state index in [1.165, 1.54) is 193 Å². The normalized spacial score (nSPS) is 14.1. The lowest BCUT2D eigenvalue weighted by Gasteiger charge is -2.23. The van der Waals surface area contributed by atoms with E-state index in [2.05, 4.69) is 31.3 Å². The molecule has 3 atom stereocenters. The smallest absolute Gasteiger partial charge is 0.387 e. The first-order valence-electron chi connectivity index (χ1n) is 25.0. The molecule has 0 fully saturated rings. The van der Waals surface area contributed by atoms with E-state index in [9.17, 15) is 19.4 Å². The standard InChI is InChI=1S/C49H97N2O6P/c1-3-5-7-9-11-13-15-17-19-21-22-23-24-25-26-27-29-31-33-35-37-39-41-43-49(53)51-47(46-57-58(54,55)56-45-44-50)48(52)42-40-38-36-34-32-30-28-20-18-16-14-12-10-8-6-4-2/h21-22,40,42,47-48,52H,3-20,23-39,41,43-46,50H2,1-2H3,(H,51,53)(H,54,55)/b22-21-,42-40+. The van der Waals surface area contributed by atoms with Gasteiger partial charge in [-0.05, 0) is 44.9 Å². The van der Waals surface area contributed by atoms with Gasteiger partial charge in [-0.2, -0.15) is 0 Å². The summed E-state index contributed by atoms with van der Waals surface area (Å²) in [5.41, 5.74) is 5.39. The van der Waals surface area contributed by atoms with Gasteiger partial charge in [-0.1, -0.05) is 224 Å². The molecule has 0 saturated carbocycles. The number of rotatable bonds is 47. The van der Waals surface area contributed by atoms with Gasteiger partial charge in [-0.25, -0.2) is 4.57 Å². The van der Waals surface area contributed by atoms with E-state index < -0.39 is 20.0 Å². The summed E-state index contributed by atoms with van der Waals surface area (Å²) in [6.07, 6.45) is 53.8. The summed E-state index contributed by atoms with van der Waals surface area (Å²) in [6.45, 7) is 4.16. The molecule has 9 heteroatoms. The molecule has 0 rings (SSSR count). The predicted molar refractivity (Wildman–Crippen MR) is 249 cm³/mol. The van der Waals surface area contributed by atoms with Crippen LogP contribution in [0.1, 0.15) is 251 Å². The first kappa shape index (κ1) is 57.0. The van der Waals surface area contributed by atoms with Crippen molar-refractivity contribution in [3.63, 3.8) is 0 Å². The largest absolute Gasteiger partial charge is 0.472 e. The van der Waals surface area contributed by atoms with Crippen molar-refractivity contribution in [2.75, 3.05) is 19.8 Å². The SMILES string of the molecule is CCCCCCCCCC/C=C\CCCCCCCCCCCCCC(=O)NC(COP(=O)(O)OCCN)C(O)/C=C/CCCCCCCCCCCCCCCC. The summed E-state index contributed by atoms with van der Waals surface area (Å²) < 4.78 is 22.2. The second kappa shape index (κ2) is 45.5. The minimum Gasteiger partial charge on any atom is -0.387 e. The molecular formula is C49H97N2O6P. The summed E-state index contributed by atoms with van der Waals surface area (Å²) in [4.78, 5) is 22.8. The number of phosphoric acid groups is 1. The molecule has 0 aromatic heterocycles. The zero-order valence-electron chi connectivity index (χ0n) is 38.3. The molecule has 0 spiro atoms. The Kier molecular flexibility index (Phi) is 44.7. The molecule has 0 bridgehead atoms. The molecule has 0 aliphatic rings. The van der Waals surface area contributed by atoms with Crippen LogP contribution in [0.15, 0.2) is 24.3 Å². The second-order valence-corrected chi connectivity index (χ2v) is 18.5. The van der Waals surface area contributed by atoms with Gasteiger partial charge >= 0.3 is 7.82 Å². The number of hydrogen-bond acceptors (Lipinski definition) is 6. The minimum absolute atomic E-state index is 0.0798. The Labute approximate surface area is 359 Å². The maximum Gasteiger partial charge on any atom is 0.472 e. The van der Waals surface area contributed by atoms with Crippen LogP contribution >= 0.6 is 7.82 Å². The lowest BCUT2D eigenvalue weighted by atomic mass is 10.0. The minimum atomic E-state index is -4.34. The van der Waals surface area contributed by atoms with E-state index in [4.69, 9.17) is 14.8 Å². The summed E-state index contributed by atoms with van der Waals surface area (Å²) in [6, 6.07) is -0.858. The second-order valence-electron chi connectivity index (χ2n) is 17.0. The van der Waals surface area contributed by atoms with Crippen molar-refractivity contribution in [3.05, 3.63) is 24.3 Å². The Hall–Kier alpha value is -1.02. The number of phosphoric ester groups is 1. The number of aliphatic hydroxyl groups excluding tert-OH is 1. The number of aliphatic hydroxyl groups is 1. The maximum atomic E-state index is 12.8. The van der Waals surface area contributed by atoms with Crippen LogP contribution in [0.5, 0.6) is 0 Å². The molecule has 0 aliphatic carbocycles. The van der Waals surface area contributed by atoms with E-state index in [-0.39, 0.29) is 25.7 Å². The Morgan fingerprint density at radius 2 is 0.897 bits per heavy atom. The maximum absolute atomic E-state index is 12.8. The van der Waals surface area contributed by atoms with Crippen LogP contribution in [0.3, 0.4) is 0 Å². The molecule has 3 unspecified atom stereocenters. The highest BCUT2D eigenvalue weighted by Gasteiger charge is 2.26. The molecule has 0 radical (unpaired) electrons. The molecule has 58 heavy (non-hydrogen) atoms. The number of carbonyl (C=O) groups is 1. The summed E-state index contributed by atoms with van der Waals surface area (Å²) in [5, 5.41) is 13.7. The highest BCUT2D eigenvalue weighted by Crippen LogP contribution is 2.43. The van der Waals surface area contributed by atoms with E-state index in [0.717, 1.165) is 38.5 Å². The topological polar surface area (TPSA) is 131 Å². The van der Waals surface area contributed by atoms with Crippen LogP contribution in [0.2, 0.25) is 0 Å². The van der Waals surface area contributed by atoms with Crippen molar-refractivity contribution in [3.8, 4) is 0 Å². The van der Waals surface area contributed by atoms with Crippen LogP contribution in [0.4, 0.5) is 0 Å². The van der Waals surface area contributed by atoms with Crippen molar-refractivity contribution in [2.45, 2.75) is 264 Å². The fraction of sp³-hybridized carbons (Fsp3) is 0.898. The lowest BCUT2D eigenvalue weighted by molar-refractivity contribution is -0.123. The van der Waals surface area contributed by atoms with Gasteiger partial charge in [0.1, 0.15) is 0 Å². The number of nitrogens with two attached hydrogens (primary N) is 1. The van der Waals surface area contributed by atoms with Crippen molar-refractivity contribution < 1.29 is 28.4 Å².